The lowest BCUT2D eigenvalue weighted by Gasteiger charge is -2.07. The Balaban J connectivity index is 5.26. The molecule has 0 amide bonds. The van der Waals surface area contributed by atoms with Crippen LogP contribution in [0.1, 0.15) is 13.8 Å². The van der Waals surface area contributed by atoms with Crippen LogP contribution in [-0.2, 0) is 42.2 Å². The van der Waals surface area contributed by atoms with Gasteiger partial charge in [0.05, 0.1) is 20.3 Å². The van der Waals surface area contributed by atoms with E-state index in [0.29, 0.717) is 0 Å². The van der Waals surface area contributed by atoms with Gasteiger partial charge in [-0.1, -0.05) is 0 Å². The summed E-state index contributed by atoms with van der Waals surface area (Å²) in [6.45, 7) is 2.43. The third kappa shape index (κ3) is 5.65. The average Bonchev–Trinajstić information content (AvgIpc) is 2.26. The lowest BCUT2D eigenvalue weighted by atomic mass is 10.9. The Morgan fingerprint density at radius 2 is 1.67 bits per heavy atom. The fraction of sp³-hybridized carbons (Fsp3) is 1.00. The minimum Gasteiger partial charge on any atom is -0.265 e. The summed E-state index contributed by atoms with van der Waals surface area (Å²) < 4.78 is 73.4. The van der Waals surface area contributed by atoms with Gasteiger partial charge in [-0.05, 0) is 18.4 Å². The van der Waals surface area contributed by atoms with Crippen molar-refractivity contribution >= 4 is 28.5 Å². The molecule has 2 atom stereocenters. The van der Waals surface area contributed by atoms with Crippen LogP contribution in [0.3, 0.4) is 0 Å². The van der Waals surface area contributed by atoms with Crippen LogP contribution in [0.2, 0.25) is 0 Å². The summed E-state index contributed by atoms with van der Waals surface area (Å²) in [4.78, 5) is 0. The van der Waals surface area contributed by atoms with E-state index in [-0.39, 0.29) is 13.2 Å². The molecule has 0 aromatic rings. The zero-order valence-electron chi connectivity index (χ0n) is 9.93. The quantitative estimate of drug-likeness (QED) is 0.435. The topological polar surface area (TPSA) is 122 Å². The molecular formula is C6H14O9PS2+. The normalized spacial score (nSPS) is 15.4. The third-order valence-corrected chi connectivity index (χ3v) is 5.87. The van der Waals surface area contributed by atoms with E-state index < -0.39 is 33.7 Å². The van der Waals surface area contributed by atoms with Gasteiger partial charge >= 0.3 is 33.7 Å². The molecule has 18 heavy (non-hydrogen) atoms. The standard InChI is InChI=1S/C6H14O9PS2/c1-4-13-16(7)6(15-18(10,11)12-3)17(8,9)14-5-2/h6H,4-5H2,1-3H3/q+1. The maximum absolute atomic E-state index is 11.5. The smallest absolute Gasteiger partial charge is 0.265 e. The van der Waals surface area contributed by atoms with Crippen molar-refractivity contribution in [2.75, 3.05) is 20.3 Å². The van der Waals surface area contributed by atoms with Crippen LogP contribution in [0.4, 0.5) is 0 Å². The number of rotatable bonds is 9. The molecule has 0 N–H and O–H groups in total. The second-order valence-corrected chi connectivity index (χ2v) is 7.22. The first-order chi connectivity index (χ1) is 8.20. The Hall–Kier alpha value is -0.160. The van der Waals surface area contributed by atoms with Crippen LogP contribution in [0.15, 0.2) is 0 Å². The van der Waals surface area contributed by atoms with Crippen LogP contribution in [0, 0.1) is 0 Å². The highest BCUT2D eigenvalue weighted by Gasteiger charge is 2.50. The van der Waals surface area contributed by atoms with Crippen molar-refractivity contribution in [2.24, 2.45) is 0 Å². The van der Waals surface area contributed by atoms with Crippen LogP contribution in [-0.4, -0.2) is 42.3 Å². The Bertz CT molecular complexity index is 467. The number of hydrogen-bond donors (Lipinski definition) is 0. The summed E-state index contributed by atoms with van der Waals surface area (Å²) in [5.74, 6) is 0. The predicted octanol–water partition coefficient (Wildman–Crippen LogP) is 0.323. The summed E-state index contributed by atoms with van der Waals surface area (Å²) in [6.07, 6.45) is 0. The van der Waals surface area contributed by atoms with E-state index in [2.05, 4.69) is 17.1 Å². The highest BCUT2D eigenvalue weighted by Crippen LogP contribution is 2.36. The lowest BCUT2D eigenvalue weighted by Crippen LogP contribution is -2.27. The minimum absolute atomic E-state index is 0.0935. The van der Waals surface area contributed by atoms with Crippen molar-refractivity contribution < 1.29 is 38.5 Å². The zero-order valence-corrected chi connectivity index (χ0v) is 12.5. The first-order valence-electron chi connectivity index (χ1n) is 4.66. The Morgan fingerprint density at radius 1 is 1.11 bits per heavy atom. The minimum atomic E-state index is -4.61. The maximum Gasteiger partial charge on any atom is 0.561 e. The lowest BCUT2D eigenvalue weighted by molar-refractivity contribution is 0.222. The first kappa shape index (κ1) is 17.8. The summed E-state index contributed by atoms with van der Waals surface area (Å²) in [7, 11) is -11.3. The van der Waals surface area contributed by atoms with Crippen LogP contribution >= 0.6 is 8.03 Å². The first-order valence-corrected chi connectivity index (χ1v) is 8.71. The SMILES string of the molecule is CCO[P+](=O)C(OS(=O)(=O)OC)S(=O)(=O)OCC. The van der Waals surface area contributed by atoms with Gasteiger partial charge in [0.2, 0.25) is 0 Å². The third-order valence-electron chi connectivity index (χ3n) is 1.36. The molecule has 0 aliphatic rings. The van der Waals surface area contributed by atoms with Gasteiger partial charge in [-0.25, -0.2) is 0 Å². The second kappa shape index (κ2) is 7.43. The van der Waals surface area contributed by atoms with Crippen LogP contribution < -0.4 is 0 Å². The fourth-order valence-corrected chi connectivity index (χ4v) is 4.32. The van der Waals surface area contributed by atoms with Crippen molar-refractivity contribution in [3.63, 3.8) is 0 Å². The molecule has 0 aromatic carbocycles. The molecule has 0 bridgehead atoms. The van der Waals surface area contributed by atoms with Gasteiger partial charge in [0.1, 0.15) is 0 Å². The molecule has 0 aliphatic carbocycles. The Morgan fingerprint density at radius 3 is 2.06 bits per heavy atom. The van der Waals surface area contributed by atoms with Gasteiger partial charge < -0.3 is 0 Å². The van der Waals surface area contributed by atoms with Crippen molar-refractivity contribution in [1.29, 1.82) is 0 Å². The number of hydrogen-bond acceptors (Lipinski definition) is 9. The Labute approximate surface area is 107 Å². The molecule has 9 nitrogen and oxygen atoms in total. The van der Waals surface area contributed by atoms with Crippen LogP contribution in [0.25, 0.3) is 0 Å². The fourth-order valence-electron chi connectivity index (χ4n) is 0.739. The van der Waals surface area contributed by atoms with E-state index in [9.17, 15) is 21.4 Å². The molecule has 0 rings (SSSR count). The van der Waals surface area contributed by atoms with E-state index in [0.717, 1.165) is 7.11 Å². The summed E-state index contributed by atoms with van der Waals surface area (Å²) in [5, 5.41) is -2.31. The summed E-state index contributed by atoms with van der Waals surface area (Å²) in [5.41, 5.74) is 0. The van der Waals surface area contributed by atoms with Crippen LogP contribution in [0.5, 0.6) is 0 Å². The van der Waals surface area contributed by atoms with Gasteiger partial charge in [-0.15, -0.1) is 4.52 Å². The largest absolute Gasteiger partial charge is 0.561 e. The van der Waals surface area contributed by atoms with E-state index >= 15 is 0 Å². The molecule has 0 aromatic heterocycles. The van der Waals surface area contributed by atoms with Crippen molar-refractivity contribution in [3.05, 3.63) is 0 Å². The van der Waals surface area contributed by atoms with Gasteiger partial charge in [0.15, 0.2) is 0 Å². The molecule has 12 heteroatoms. The molecule has 0 radical (unpaired) electrons. The molecule has 2 unspecified atom stereocenters. The monoisotopic (exact) mass is 325 g/mol. The van der Waals surface area contributed by atoms with Crippen molar-refractivity contribution in [3.8, 4) is 0 Å². The second-order valence-electron chi connectivity index (χ2n) is 2.58. The highest BCUT2D eigenvalue weighted by molar-refractivity contribution is 7.93. The van der Waals surface area contributed by atoms with Crippen molar-refractivity contribution in [1.82, 2.24) is 0 Å². The predicted molar refractivity (Wildman–Crippen MR) is 60.6 cm³/mol. The highest BCUT2D eigenvalue weighted by atomic mass is 32.3. The average molecular weight is 325 g/mol. The zero-order chi connectivity index (χ0) is 14.4. The maximum atomic E-state index is 11.5. The van der Waals surface area contributed by atoms with E-state index in [1.807, 2.05) is 0 Å². The van der Waals surface area contributed by atoms with E-state index in [1.165, 1.54) is 13.8 Å². The molecule has 0 fully saturated rings. The molecule has 0 saturated heterocycles. The van der Waals surface area contributed by atoms with E-state index in [4.69, 9.17) is 0 Å². The van der Waals surface area contributed by atoms with Crippen molar-refractivity contribution in [2.45, 2.75) is 19.0 Å². The molecule has 0 aliphatic heterocycles. The molecule has 0 spiro atoms. The van der Waals surface area contributed by atoms with Gasteiger partial charge in [-0.2, -0.15) is 21.0 Å². The van der Waals surface area contributed by atoms with E-state index in [1.54, 1.807) is 0 Å². The summed E-state index contributed by atoms with van der Waals surface area (Å²) in [6, 6.07) is 0. The molecule has 108 valence electrons. The molecular weight excluding hydrogens is 311 g/mol. The molecule has 0 heterocycles. The van der Waals surface area contributed by atoms with Gasteiger partial charge in [0.25, 0.3) is 0 Å². The van der Waals surface area contributed by atoms with Gasteiger partial charge in [-0.3, -0.25) is 8.37 Å². The molecule has 0 saturated carbocycles. The summed E-state index contributed by atoms with van der Waals surface area (Å²) >= 11 is 0. The van der Waals surface area contributed by atoms with Gasteiger partial charge in [0, 0.05) is 0 Å². The Kier molecular flexibility index (Phi) is 7.37.